The van der Waals surface area contributed by atoms with Crippen LogP contribution in [0.2, 0.25) is 0 Å². The number of amides is 1. The molecule has 0 aromatic heterocycles. The lowest BCUT2D eigenvalue weighted by Crippen LogP contribution is -2.32. The molecule has 0 atom stereocenters. The van der Waals surface area contributed by atoms with Gasteiger partial charge in [-0.15, -0.1) is 0 Å². The highest BCUT2D eigenvalue weighted by molar-refractivity contribution is 5.86. The molecular weight excluding hydrogens is 276 g/mol. The molecule has 0 saturated heterocycles. The maximum atomic E-state index is 11.5. The van der Waals surface area contributed by atoms with Crippen LogP contribution >= 0.6 is 0 Å². The van der Waals surface area contributed by atoms with E-state index in [-0.39, 0.29) is 6.54 Å². The fourth-order valence-corrected chi connectivity index (χ4v) is 1.92. The average Bonchev–Trinajstić information content (AvgIpc) is 2.41. The molecule has 4 nitrogen and oxygen atoms in total. The van der Waals surface area contributed by atoms with Crippen LogP contribution in [0.25, 0.3) is 10.8 Å². The van der Waals surface area contributed by atoms with E-state index >= 15 is 0 Å². The summed E-state index contributed by atoms with van der Waals surface area (Å²) in [6.45, 7) is 5.70. The Balaban J connectivity index is 1.97. The van der Waals surface area contributed by atoms with Crippen LogP contribution in [0.15, 0.2) is 36.4 Å². The topological polar surface area (TPSA) is 64.3 Å². The first-order valence-electron chi connectivity index (χ1n) is 7.08. The lowest BCUT2D eigenvalue weighted by atomic mass is 10.1. The molecule has 0 aliphatic heterocycles. The zero-order valence-corrected chi connectivity index (χ0v) is 13.1. The number of fused-ring (bicyclic) bond motifs is 1. The van der Waals surface area contributed by atoms with Gasteiger partial charge in [0.15, 0.2) is 0 Å². The standard InChI is InChI=1S/C18H20N2O2/c1-18(2,3)22-17(21)20-10-4-5-13-6-7-15-12-16(19)9-8-14(15)11-13/h6-9,11-12H,10,19H2,1-3H3,(H,20,21). The summed E-state index contributed by atoms with van der Waals surface area (Å²) in [6.07, 6.45) is -0.462. The number of ether oxygens (including phenoxy) is 1. The second-order valence-corrected chi connectivity index (χ2v) is 5.98. The zero-order valence-electron chi connectivity index (χ0n) is 13.1. The molecule has 2 aromatic carbocycles. The molecule has 0 unspecified atom stereocenters. The highest BCUT2D eigenvalue weighted by atomic mass is 16.6. The fraction of sp³-hybridized carbons (Fsp3) is 0.278. The van der Waals surface area contributed by atoms with Gasteiger partial charge < -0.3 is 15.8 Å². The van der Waals surface area contributed by atoms with Crippen molar-refractivity contribution in [3.05, 3.63) is 42.0 Å². The molecule has 0 radical (unpaired) electrons. The molecule has 114 valence electrons. The summed E-state index contributed by atoms with van der Waals surface area (Å²) < 4.78 is 5.13. The summed E-state index contributed by atoms with van der Waals surface area (Å²) in [6, 6.07) is 11.7. The second-order valence-electron chi connectivity index (χ2n) is 5.98. The predicted molar refractivity (Wildman–Crippen MR) is 89.5 cm³/mol. The van der Waals surface area contributed by atoms with Crippen LogP contribution in [0.5, 0.6) is 0 Å². The van der Waals surface area contributed by atoms with E-state index in [4.69, 9.17) is 10.5 Å². The average molecular weight is 296 g/mol. The molecule has 0 saturated carbocycles. The number of alkyl carbamates (subject to hydrolysis) is 1. The smallest absolute Gasteiger partial charge is 0.408 e. The van der Waals surface area contributed by atoms with Crippen LogP contribution in [0.3, 0.4) is 0 Å². The molecule has 2 rings (SSSR count). The van der Waals surface area contributed by atoms with Crippen molar-refractivity contribution in [2.45, 2.75) is 26.4 Å². The van der Waals surface area contributed by atoms with E-state index in [0.29, 0.717) is 0 Å². The molecule has 4 heteroatoms. The molecule has 0 heterocycles. The summed E-state index contributed by atoms with van der Waals surface area (Å²) in [7, 11) is 0. The maximum Gasteiger partial charge on any atom is 0.408 e. The van der Waals surface area contributed by atoms with Crippen molar-refractivity contribution in [3.63, 3.8) is 0 Å². The Morgan fingerprint density at radius 3 is 2.59 bits per heavy atom. The van der Waals surface area contributed by atoms with Crippen molar-refractivity contribution < 1.29 is 9.53 Å². The zero-order chi connectivity index (χ0) is 16.2. The van der Waals surface area contributed by atoms with Gasteiger partial charge in [0.1, 0.15) is 5.60 Å². The van der Waals surface area contributed by atoms with Gasteiger partial charge in [0.25, 0.3) is 0 Å². The number of hydrogen-bond acceptors (Lipinski definition) is 3. The third kappa shape index (κ3) is 4.71. The van der Waals surface area contributed by atoms with Gasteiger partial charge in [-0.05, 0) is 55.8 Å². The van der Waals surface area contributed by atoms with Gasteiger partial charge in [0.2, 0.25) is 0 Å². The summed E-state index contributed by atoms with van der Waals surface area (Å²) in [5, 5.41) is 4.77. The minimum absolute atomic E-state index is 0.245. The van der Waals surface area contributed by atoms with E-state index in [0.717, 1.165) is 22.0 Å². The third-order valence-electron chi connectivity index (χ3n) is 2.82. The van der Waals surface area contributed by atoms with E-state index in [2.05, 4.69) is 17.2 Å². The SMILES string of the molecule is CC(C)(C)OC(=O)NCC#Cc1ccc2cc(N)ccc2c1. The number of carbonyl (C=O) groups is 1. The van der Waals surface area contributed by atoms with Crippen LogP contribution in [0.1, 0.15) is 26.3 Å². The Hall–Kier alpha value is -2.67. The van der Waals surface area contributed by atoms with Gasteiger partial charge in [-0.2, -0.15) is 0 Å². The number of nitrogens with one attached hydrogen (secondary N) is 1. The summed E-state index contributed by atoms with van der Waals surface area (Å²) in [5.74, 6) is 5.93. The molecule has 0 fully saturated rings. The molecule has 3 N–H and O–H groups in total. The molecular formula is C18H20N2O2. The summed E-state index contributed by atoms with van der Waals surface area (Å²) in [5.41, 5.74) is 6.89. The van der Waals surface area contributed by atoms with Crippen LogP contribution in [0, 0.1) is 11.8 Å². The number of nitrogen functional groups attached to an aromatic ring is 1. The maximum absolute atomic E-state index is 11.5. The van der Waals surface area contributed by atoms with Crippen LogP contribution in [-0.2, 0) is 4.74 Å². The highest BCUT2D eigenvalue weighted by Crippen LogP contribution is 2.18. The number of benzene rings is 2. The minimum atomic E-state index is -0.502. The minimum Gasteiger partial charge on any atom is -0.444 e. The molecule has 0 aliphatic rings. The number of carbonyl (C=O) groups excluding carboxylic acids is 1. The van der Waals surface area contributed by atoms with Crippen LogP contribution in [0.4, 0.5) is 10.5 Å². The quantitative estimate of drug-likeness (QED) is 0.627. The fourth-order valence-electron chi connectivity index (χ4n) is 1.92. The number of nitrogens with two attached hydrogens (primary N) is 1. The van der Waals surface area contributed by atoms with Crippen LogP contribution in [-0.4, -0.2) is 18.2 Å². The van der Waals surface area contributed by atoms with Crippen molar-refractivity contribution >= 4 is 22.6 Å². The van der Waals surface area contributed by atoms with Gasteiger partial charge in [0.05, 0.1) is 6.54 Å². The van der Waals surface area contributed by atoms with E-state index in [9.17, 15) is 4.79 Å². The predicted octanol–water partition coefficient (Wildman–Crippen LogP) is 3.30. The lowest BCUT2D eigenvalue weighted by Gasteiger charge is -2.18. The van der Waals surface area contributed by atoms with Gasteiger partial charge in [0, 0.05) is 11.3 Å². The third-order valence-corrected chi connectivity index (χ3v) is 2.82. The monoisotopic (exact) mass is 296 g/mol. The van der Waals surface area contributed by atoms with E-state index in [1.165, 1.54) is 0 Å². The van der Waals surface area contributed by atoms with Crippen LogP contribution < -0.4 is 11.1 Å². The number of rotatable bonds is 1. The Labute approximate surface area is 130 Å². The molecule has 2 aromatic rings. The first-order valence-corrected chi connectivity index (χ1v) is 7.08. The van der Waals surface area contributed by atoms with Gasteiger partial charge in [-0.25, -0.2) is 4.79 Å². The van der Waals surface area contributed by atoms with Crippen molar-refractivity contribution in [1.82, 2.24) is 5.32 Å². The molecule has 0 spiro atoms. The highest BCUT2D eigenvalue weighted by Gasteiger charge is 2.14. The first kappa shape index (κ1) is 15.7. The largest absolute Gasteiger partial charge is 0.444 e. The van der Waals surface area contributed by atoms with Crippen molar-refractivity contribution in [2.24, 2.45) is 0 Å². The van der Waals surface area contributed by atoms with Crippen molar-refractivity contribution in [3.8, 4) is 11.8 Å². The van der Waals surface area contributed by atoms with Crippen molar-refractivity contribution in [1.29, 1.82) is 0 Å². The van der Waals surface area contributed by atoms with Gasteiger partial charge >= 0.3 is 6.09 Å². The van der Waals surface area contributed by atoms with E-state index in [1.807, 2.05) is 57.2 Å². The molecule has 0 bridgehead atoms. The lowest BCUT2D eigenvalue weighted by molar-refractivity contribution is 0.0535. The molecule has 1 amide bonds. The number of anilines is 1. The van der Waals surface area contributed by atoms with E-state index in [1.54, 1.807) is 0 Å². The Morgan fingerprint density at radius 1 is 1.18 bits per heavy atom. The van der Waals surface area contributed by atoms with Crippen molar-refractivity contribution in [2.75, 3.05) is 12.3 Å². The Kier molecular flexibility index (Phi) is 4.57. The second kappa shape index (κ2) is 6.40. The summed E-state index contributed by atoms with van der Waals surface area (Å²) in [4.78, 5) is 11.5. The number of hydrogen-bond donors (Lipinski definition) is 2. The Bertz CT molecular complexity index is 749. The van der Waals surface area contributed by atoms with Gasteiger partial charge in [-0.1, -0.05) is 24.0 Å². The Morgan fingerprint density at radius 2 is 1.86 bits per heavy atom. The first-order chi connectivity index (χ1) is 10.3. The molecule has 0 aliphatic carbocycles. The van der Waals surface area contributed by atoms with E-state index < -0.39 is 11.7 Å². The van der Waals surface area contributed by atoms with Gasteiger partial charge in [-0.3, -0.25) is 0 Å². The molecule has 22 heavy (non-hydrogen) atoms. The summed E-state index contributed by atoms with van der Waals surface area (Å²) >= 11 is 0. The normalized spacial score (nSPS) is 10.7.